The van der Waals surface area contributed by atoms with Crippen LogP contribution in [0, 0.1) is 0 Å². The number of anilines is 1. The molecule has 0 saturated carbocycles. The number of benzene rings is 1. The molecule has 2 aromatic rings. The van der Waals surface area contributed by atoms with Crippen LogP contribution in [0.2, 0.25) is 0 Å². The van der Waals surface area contributed by atoms with E-state index in [-0.39, 0.29) is 12.0 Å². The van der Waals surface area contributed by atoms with E-state index >= 15 is 0 Å². The van der Waals surface area contributed by atoms with Crippen molar-refractivity contribution in [2.24, 2.45) is 0 Å². The van der Waals surface area contributed by atoms with Gasteiger partial charge in [-0.1, -0.05) is 42.5 Å². The van der Waals surface area contributed by atoms with Crippen molar-refractivity contribution in [3.63, 3.8) is 0 Å². The average molecular weight is 296 g/mol. The van der Waals surface area contributed by atoms with Gasteiger partial charge in [-0.25, -0.2) is 9.48 Å². The fourth-order valence-corrected chi connectivity index (χ4v) is 2.45. The number of allylic oxidation sites excluding steroid dienone is 2. The van der Waals surface area contributed by atoms with E-state index in [2.05, 4.69) is 15.4 Å². The molecule has 0 amide bonds. The number of nitrogens with zero attached hydrogens (tertiary/aromatic N) is 3. The van der Waals surface area contributed by atoms with E-state index in [1.165, 1.54) is 13.4 Å². The molecule has 0 saturated heterocycles. The molecular weight excluding hydrogens is 280 g/mol. The second-order valence-corrected chi connectivity index (χ2v) is 4.90. The molecule has 3 rings (SSSR count). The topological polar surface area (TPSA) is 69.0 Å². The third-order valence-electron chi connectivity index (χ3n) is 3.51. The third kappa shape index (κ3) is 2.50. The number of methoxy groups -OCH3 is 1. The summed E-state index contributed by atoms with van der Waals surface area (Å²) in [7, 11) is 1.37. The van der Waals surface area contributed by atoms with Crippen molar-refractivity contribution in [2.45, 2.75) is 13.0 Å². The Morgan fingerprint density at radius 3 is 2.86 bits per heavy atom. The lowest BCUT2D eigenvalue weighted by atomic mass is 10.0. The zero-order valence-corrected chi connectivity index (χ0v) is 12.4. The smallest absolute Gasteiger partial charge is 0.338 e. The minimum Gasteiger partial charge on any atom is -0.466 e. The highest BCUT2D eigenvalue weighted by atomic mass is 16.5. The maximum absolute atomic E-state index is 12.1. The lowest BCUT2D eigenvalue weighted by Gasteiger charge is -2.25. The van der Waals surface area contributed by atoms with Crippen LogP contribution in [0.3, 0.4) is 0 Å². The number of esters is 1. The fourth-order valence-electron chi connectivity index (χ4n) is 2.45. The molecule has 0 fully saturated rings. The summed E-state index contributed by atoms with van der Waals surface area (Å²) in [6.45, 7) is 1.83. The van der Waals surface area contributed by atoms with Crippen LogP contribution < -0.4 is 5.32 Å². The van der Waals surface area contributed by atoms with Gasteiger partial charge >= 0.3 is 5.97 Å². The summed E-state index contributed by atoms with van der Waals surface area (Å²) in [6, 6.07) is 9.52. The van der Waals surface area contributed by atoms with Crippen LogP contribution in [0.15, 0.2) is 54.0 Å². The maximum Gasteiger partial charge on any atom is 0.338 e. The minimum atomic E-state index is -0.381. The van der Waals surface area contributed by atoms with Crippen molar-refractivity contribution in [3.8, 4) is 0 Å². The van der Waals surface area contributed by atoms with E-state index in [0.29, 0.717) is 11.5 Å². The highest BCUT2D eigenvalue weighted by Crippen LogP contribution is 2.31. The van der Waals surface area contributed by atoms with Gasteiger partial charge in [0.25, 0.3) is 0 Å². The number of hydrogen-bond acceptors (Lipinski definition) is 5. The van der Waals surface area contributed by atoms with Crippen LogP contribution in [0.4, 0.5) is 5.95 Å². The molecule has 6 nitrogen and oxygen atoms in total. The average Bonchev–Trinajstić information content (AvgIpc) is 3.00. The largest absolute Gasteiger partial charge is 0.466 e. The second kappa shape index (κ2) is 5.85. The van der Waals surface area contributed by atoms with Crippen LogP contribution in [0.1, 0.15) is 18.5 Å². The highest BCUT2D eigenvalue weighted by molar-refractivity contribution is 5.92. The molecule has 0 aliphatic carbocycles. The van der Waals surface area contributed by atoms with Gasteiger partial charge in [-0.15, -0.1) is 0 Å². The summed E-state index contributed by atoms with van der Waals surface area (Å²) in [4.78, 5) is 16.3. The number of carbonyl (C=O) groups excluding carboxylic acids is 1. The van der Waals surface area contributed by atoms with Gasteiger partial charge in [-0.05, 0) is 12.5 Å². The van der Waals surface area contributed by atoms with Crippen LogP contribution >= 0.6 is 0 Å². The second-order valence-electron chi connectivity index (χ2n) is 4.90. The standard InChI is InChI=1S/C16H16N4O2/c1-11-14(15(21)22-2)13(20-16(19-11)17-10-18-20)9-8-12-6-4-3-5-7-12/h3-10,13H,1-2H3,(H,17,18,19)/b9-8+/t13-/m1/s1. The van der Waals surface area contributed by atoms with Gasteiger partial charge in [0.1, 0.15) is 12.4 Å². The van der Waals surface area contributed by atoms with E-state index in [1.54, 1.807) is 4.68 Å². The predicted octanol–water partition coefficient (Wildman–Crippen LogP) is 2.41. The van der Waals surface area contributed by atoms with Crippen molar-refractivity contribution >= 4 is 18.0 Å². The number of fused-ring (bicyclic) bond motifs is 1. The van der Waals surface area contributed by atoms with E-state index in [9.17, 15) is 4.79 Å². The summed E-state index contributed by atoms with van der Waals surface area (Å²) < 4.78 is 6.57. The van der Waals surface area contributed by atoms with Gasteiger partial charge in [0.05, 0.1) is 12.7 Å². The van der Waals surface area contributed by atoms with Crippen LogP contribution in [0.5, 0.6) is 0 Å². The first kappa shape index (κ1) is 14.1. The summed E-state index contributed by atoms with van der Waals surface area (Å²) in [5, 5.41) is 7.27. The molecule has 1 aliphatic rings. The molecule has 0 bridgehead atoms. The summed E-state index contributed by atoms with van der Waals surface area (Å²) in [6.07, 6.45) is 5.33. The highest BCUT2D eigenvalue weighted by Gasteiger charge is 2.30. The molecule has 0 unspecified atom stereocenters. The van der Waals surface area contributed by atoms with Gasteiger partial charge in [0.15, 0.2) is 0 Å². The maximum atomic E-state index is 12.1. The molecule has 0 spiro atoms. The molecular formula is C16H16N4O2. The molecule has 6 heteroatoms. The van der Waals surface area contributed by atoms with Crippen molar-refractivity contribution in [3.05, 3.63) is 59.6 Å². The molecule has 1 aliphatic heterocycles. The summed E-state index contributed by atoms with van der Waals surface area (Å²) >= 11 is 0. The number of carbonyl (C=O) groups is 1. The Labute approximate surface area is 128 Å². The molecule has 1 aromatic heterocycles. The molecule has 2 heterocycles. The molecule has 0 radical (unpaired) electrons. The molecule has 1 atom stereocenters. The SMILES string of the molecule is COC(=O)C1=C(C)Nc2ncnn2[C@@H]1/C=C/c1ccccc1. The van der Waals surface area contributed by atoms with Gasteiger partial charge in [0.2, 0.25) is 5.95 Å². The lowest BCUT2D eigenvalue weighted by Crippen LogP contribution is -2.27. The Hall–Kier alpha value is -2.89. The monoisotopic (exact) mass is 296 g/mol. The number of rotatable bonds is 3. The summed E-state index contributed by atoms with van der Waals surface area (Å²) in [5.74, 6) is 0.224. The van der Waals surface area contributed by atoms with Crippen molar-refractivity contribution in [1.29, 1.82) is 0 Å². The van der Waals surface area contributed by atoms with Crippen molar-refractivity contribution in [1.82, 2.24) is 14.8 Å². The van der Waals surface area contributed by atoms with Crippen molar-refractivity contribution < 1.29 is 9.53 Å². The first-order valence-electron chi connectivity index (χ1n) is 6.89. The number of ether oxygens (including phenoxy) is 1. The predicted molar refractivity (Wildman–Crippen MR) is 82.9 cm³/mol. The first-order valence-corrected chi connectivity index (χ1v) is 6.89. The van der Waals surface area contributed by atoms with Gasteiger partial charge in [-0.2, -0.15) is 10.1 Å². The first-order chi connectivity index (χ1) is 10.7. The molecule has 112 valence electrons. The lowest BCUT2D eigenvalue weighted by molar-refractivity contribution is -0.136. The van der Waals surface area contributed by atoms with Crippen LogP contribution in [-0.2, 0) is 9.53 Å². The van der Waals surface area contributed by atoms with Gasteiger partial charge in [-0.3, -0.25) is 0 Å². The Morgan fingerprint density at radius 1 is 1.36 bits per heavy atom. The Bertz CT molecular complexity index is 747. The van der Waals surface area contributed by atoms with Crippen LogP contribution in [-0.4, -0.2) is 27.8 Å². The molecule has 1 N–H and O–H groups in total. The zero-order chi connectivity index (χ0) is 15.5. The molecule has 22 heavy (non-hydrogen) atoms. The van der Waals surface area contributed by atoms with Crippen molar-refractivity contribution in [2.75, 3.05) is 12.4 Å². The minimum absolute atomic E-state index is 0.355. The van der Waals surface area contributed by atoms with Gasteiger partial charge < -0.3 is 10.1 Å². The van der Waals surface area contributed by atoms with Gasteiger partial charge in [0, 0.05) is 5.70 Å². The third-order valence-corrected chi connectivity index (χ3v) is 3.51. The van der Waals surface area contributed by atoms with E-state index in [1.807, 2.05) is 49.4 Å². The summed E-state index contributed by atoms with van der Waals surface area (Å²) in [5.41, 5.74) is 2.28. The van der Waals surface area contributed by atoms with Crippen LogP contribution in [0.25, 0.3) is 6.08 Å². The Morgan fingerprint density at radius 2 is 2.14 bits per heavy atom. The normalized spacial score (nSPS) is 17.3. The van der Waals surface area contributed by atoms with E-state index in [4.69, 9.17) is 4.74 Å². The number of hydrogen-bond donors (Lipinski definition) is 1. The Kier molecular flexibility index (Phi) is 3.74. The van der Waals surface area contributed by atoms with E-state index in [0.717, 1.165) is 11.3 Å². The van der Waals surface area contributed by atoms with E-state index < -0.39 is 0 Å². The zero-order valence-electron chi connectivity index (χ0n) is 12.4. The number of aromatic nitrogens is 3. The molecule has 1 aromatic carbocycles. The Balaban J connectivity index is 2.02. The number of nitrogens with one attached hydrogen (secondary N) is 1. The fraction of sp³-hybridized carbons (Fsp3) is 0.188. The quantitative estimate of drug-likeness (QED) is 0.881.